The van der Waals surface area contributed by atoms with Crippen LogP contribution in [0, 0.1) is 5.92 Å². The maximum absolute atomic E-state index is 12.9. The molecule has 176 valence electrons. The molecule has 2 fully saturated rings. The molecule has 0 aliphatic carbocycles. The highest BCUT2D eigenvalue weighted by Crippen LogP contribution is 2.25. The van der Waals surface area contributed by atoms with Crippen LogP contribution in [0.4, 0.5) is 0 Å². The molecule has 3 heterocycles. The molecule has 0 saturated carbocycles. The molecule has 4 rings (SSSR count). The Hall–Kier alpha value is -1.86. The van der Waals surface area contributed by atoms with E-state index in [2.05, 4.69) is 26.6 Å². The number of benzene rings is 1. The normalized spacial score (nSPS) is 19.0. The minimum Gasteiger partial charge on any atom is -0.496 e. The standard InChI is InChI=1S/C24H32N4O2.2ClH/c1-30-23-5-4-20(14-21(23)13-18-6-10-26-15-18)24(29)27-22-7-11-28(12-8-22)17-19-3-2-9-25-16-19;;/h2-5,9,14,16,18,22,26H,6-8,10-13,15,17H2,1H3,(H,27,29);2*1H. The van der Waals surface area contributed by atoms with E-state index in [0.717, 1.165) is 68.9 Å². The number of carbonyl (C=O) groups is 1. The third-order valence-corrected chi connectivity index (χ3v) is 6.27. The second kappa shape index (κ2) is 13.0. The van der Waals surface area contributed by atoms with Crippen molar-refractivity contribution in [1.29, 1.82) is 0 Å². The number of pyridine rings is 1. The van der Waals surface area contributed by atoms with E-state index in [9.17, 15) is 4.79 Å². The number of halogens is 2. The molecule has 2 aliphatic rings. The maximum Gasteiger partial charge on any atom is 0.251 e. The first-order valence-corrected chi connectivity index (χ1v) is 11.0. The van der Waals surface area contributed by atoms with Crippen molar-refractivity contribution in [3.8, 4) is 5.75 Å². The van der Waals surface area contributed by atoms with Crippen molar-refractivity contribution in [2.45, 2.75) is 38.3 Å². The maximum atomic E-state index is 12.9. The highest BCUT2D eigenvalue weighted by molar-refractivity contribution is 5.94. The molecule has 1 aromatic carbocycles. The summed E-state index contributed by atoms with van der Waals surface area (Å²) in [6.07, 6.45) is 7.81. The molecular formula is C24H34Cl2N4O2. The second-order valence-corrected chi connectivity index (χ2v) is 8.47. The van der Waals surface area contributed by atoms with Gasteiger partial charge in [-0.25, -0.2) is 0 Å². The van der Waals surface area contributed by atoms with Crippen molar-refractivity contribution in [2.75, 3.05) is 33.3 Å². The summed E-state index contributed by atoms with van der Waals surface area (Å²) < 4.78 is 5.54. The largest absolute Gasteiger partial charge is 0.496 e. The number of amides is 1. The molecule has 1 unspecified atom stereocenters. The predicted molar refractivity (Wildman–Crippen MR) is 132 cm³/mol. The summed E-state index contributed by atoms with van der Waals surface area (Å²) in [5, 5.41) is 6.66. The lowest BCUT2D eigenvalue weighted by molar-refractivity contribution is 0.0908. The van der Waals surface area contributed by atoms with E-state index in [1.165, 1.54) is 12.0 Å². The Balaban J connectivity index is 0.00000181. The number of piperidine rings is 1. The molecule has 1 atom stereocenters. The van der Waals surface area contributed by atoms with Crippen LogP contribution in [0.5, 0.6) is 5.75 Å². The van der Waals surface area contributed by atoms with Gasteiger partial charge in [-0.1, -0.05) is 6.07 Å². The van der Waals surface area contributed by atoms with Crippen molar-refractivity contribution < 1.29 is 9.53 Å². The van der Waals surface area contributed by atoms with Gasteiger partial charge in [0, 0.05) is 43.6 Å². The van der Waals surface area contributed by atoms with Crippen LogP contribution in [0.25, 0.3) is 0 Å². The lowest BCUT2D eigenvalue weighted by Crippen LogP contribution is -2.44. The molecule has 1 aromatic heterocycles. The van der Waals surface area contributed by atoms with Gasteiger partial charge in [0.25, 0.3) is 5.91 Å². The van der Waals surface area contributed by atoms with Gasteiger partial charge in [-0.3, -0.25) is 14.7 Å². The SMILES string of the molecule is COc1ccc(C(=O)NC2CCN(Cc3cccnc3)CC2)cc1CC1CCNC1.Cl.Cl. The average Bonchev–Trinajstić information content (AvgIpc) is 3.29. The van der Waals surface area contributed by atoms with Gasteiger partial charge in [-0.05, 0) is 80.1 Å². The monoisotopic (exact) mass is 480 g/mol. The van der Waals surface area contributed by atoms with Crippen LogP contribution in [0.1, 0.15) is 40.7 Å². The Labute approximate surface area is 203 Å². The first-order chi connectivity index (χ1) is 14.7. The van der Waals surface area contributed by atoms with Gasteiger partial charge < -0.3 is 15.4 Å². The van der Waals surface area contributed by atoms with E-state index in [0.29, 0.717) is 5.92 Å². The number of ether oxygens (including phenoxy) is 1. The topological polar surface area (TPSA) is 66.5 Å². The van der Waals surface area contributed by atoms with Crippen LogP contribution in [0.3, 0.4) is 0 Å². The van der Waals surface area contributed by atoms with E-state index in [-0.39, 0.29) is 36.8 Å². The van der Waals surface area contributed by atoms with Gasteiger partial charge >= 0.3 is 0 Å². The Bertz CT molecular complexity index is 839. The summed E-state index contributed by atoms with van der Waals surface area (Å²) in [6, 6.07) is 10.2. The van der Waals surface area contributed by atoms with E-state index >= 15 is 0 Å². The average molecular weight is 481 g/mol. The Morgan fingerprint density at radius 1 is 1.22 bits per heavy atom. The highest BCUT2D eigenvalue weighted by atomic mass is 35.5. The van der Waals surface area contributed by atoms with Gasteiger partial charge in [0.05, 0.1) is 7.11 Å². The minimum atomic E-state index is 0. The van der Waals surface area contributed by atoms with Crippen molar-refractivity contribution in [2.24, 2.45) is 5.92 Å². The lowest BCUT2D eigenvalue weighted by Gasteiger charge is -2.32. The number of likely N-dealkylation sites (tertiary alicyclic amines) is 1. The van der Waals surface area contributed by atoms with E-state index < -0.39 is 0 Å². The van der Waals surface area contributed by atoms with Crippen LogP contribution >= 0.6 is 24.8 Å². The molecule has 32 heavy (non-hydrogen) atoms. The molecule has 0 radical (unpaired) electrons. The zero-order valence-electron chi connectivity index (χ0n) is 18.6. The van der Waals surface area contributed by atoms with Crippen LogP contribution in [-0.4, -0.2) is 55.1 Å². The molecule has 2 saturated heterocycles. The van der Waals surface area contributed by atoms with Crippen molar-refractivity contribution >= 4 is 30.7 Å². The highest BCUT2D eigenvalue weighted by Gasteiger charge is 2.22. The second-order valence-electron chi connectivity index (χ2n) is 8.47. The van der Waals surface area contributed by atoms with Crippen LogP contribution in [-0.2, 0) is 13.0 Å². The van der Waals surface area contributed by atoms with Gasteiger partial charge in [-0.15, -0.1) is 24.8 Å². The molecular weight excluding hydrogens is 447 g/mol. The van der Waals surface area contributed by atoms with Crippen LogP contribution in [0.2, 0.25) is 0 Å². The first kappa shape index (κ1) is 26.4. The van der Waals surface area contributed by atoms with Gasteiger partial charge in [-0.2, -0.15) is 0 Å². The number of hydrogen-bond donors (Lipinski definition) is 2. The van der Waals surface area contributed by atoms with Gasteiger partial charge in [0.2, 0.25) is 0 Å². The van der Waals surface area contributed by atoms with Crippen molar-refractivity contribution in [3.63, 3.8) is 0 Å². The first-order valence-electron chi connectivity index (χ1n) is 11.0. The fourth-order valence-corrected chi connectivity index (χ4v) is 4.53. The van der Waals surface area contributed by atoms with E-state index in [1.807, 2.05) is 30.5 Å². The van der Waals surface area contributed by atoms with Crippen LogP contribution < -0.4 is 15.4 Å². The number of methoxy groups -OCH3 is 1. The Morgan fingerprint density at radius 2 is 2.03 bits per heavy atom. The molecule has 1 amide bonds. The number of carbonyl (C=O) groups excluding carboxylic acids is 1. The Kier molecular flexibility index (Phi) is 10.7. The predicted octanol–water partition coefficient (Wildman–Crippen LogP) is 3.48. The lowest BCUT2D eigenvalue weighted by atomic mass is 9.96. The van der Waals surface area contributed by atoms with Crippen molar-refractivity contribution in [3.05, 3.63) is 59.4 Å². The van der Waals surface area contributed by atoms with Crippen LogP contribution in [0.15, 0.2) is 42.7 Å². The summed E-state index contributed by atoms with van der Waals surface area (Å²) in [7, 11) is 1.70. The number of nitrogens with one attached hydrogen (secondary N) is 2. The number of rotatable bonds is 7. The summed E-state index contributed by atoms with van der Waals surface area (Å²) in [5.74, 6) is 1.51. The Morgan fingerprint density at radius 3 is 2.69 bits per heavy atom. The summed E-state index contributed by atoms with van der Waals surface area (Å²) >= 11 is 0. The summed E-state index contributed by atoms with van der Waals surface area (Å²) in [6.45, 7) is 5.01. The number of hydrogen-bond acceptors (Lipinski definition) is 5. The fraction of sp³-hybridized carbons (Fsp3) is 0.500. The summed E-state index contributed by atoms with van der Waals surface area (Å²) in [5.41, 5.74) is 3.10. The molecule has 2 aliphatic heterocycles. The van der Waals surface area contributed by atoms with Gasteiger partial charge in [0.1, 0.15) is 5.75 Å². The zero-order chi connectivity index (χ0) is 20.8. The molecule has 0 spiro atoms. The third kappa shape index (κ3) is 7.07. The molecule has 8 heteroatoms. The minimum absolute atomic E-state index is 0. The van der Waals surface area contributed by atoms with E-state index in [1.54, 1.807) is 13.3 Å². The van der Waals surface area contributed by atoms with Crippen molar-refractivity contribution in [1.82, 2.24) is 20.5 Å². The van der Waals surface area contributed by atoms with E-state index in [4.69, 9.17) is 4.74 Å². The number of aromatic nitrogens is 1. The molecule has 2 N–H and O–H groups in total. The fourth-order valence-electron chi connectivity index (χ4n) is 4.53. The van der Waals surface area contributed by atoms with Gasteiger partial charge in [0.15, 0.2) is 0 Å². The smallest absolute Gasteiger partial charge is 0.251 e. The molecule has 2 aromatic rings. The third-order valence-electron chi connectivity index (χ3n) is 6.27. The quantitative estimate of drug-likeness (QED) is 0.634. The summed E-state index contributed by atoms with van der Waals surface area (Å²) in [4.78, 5) is 19.5. The molecule has 0 bridgehead atoms. The zero-order valence-corrected chi connectivity index (χ0v) is 20.2. The number of nitrogens with zero attached hydrogens (tertiary/aromatic N) is 2. The molecule has 6 nitrogen and oxygen atoms in total.